The van der Waals surface area contributed by atoms with E-state index in [0.29, 0.717) is 29.2 Å². The van der Waals surface area contributed by atoms with Crippen LogP contribution in [-0.4, -0.2) is 24.8 Å². The molecule has 0 aromatic heterocycles. The second-order valence-corrected chi connectivity index (χ2v) is 7.44. The third-order valence-electron chi connectivity index (χ3n) is 5.09. The first-order valence-corrected chi connectivity index (χ1v) is 10.9. The lowest BCUT2D eigenvalue weighted by Gasteiger charge is -2.11. The number of benzene rings is 4. The van der Waals surface area contributed by atoms with Crippen molar-refractivity contribution in [1.82, 2.24) is 0 Å². The van der Waals surface area contributed by atoms with Gasteiger partial charge in [0.05, 0.1) is 13.3 Å². The molecule has 168 valence electrons. The first kappa shape index (κ1) is 22.7. The molecule has 0 N–H and O–H groups in total. The fourth-order valence-electron chi connectivity index (χ4n) is 3.33. The average Bonchev–Trinajstić information content (AvgIpc) is 2.91. The number of hydrogen-bond donors (Lipinski definition) is 0. The second-order valence-electron chi connectivity index (χ2n) is 7.44. The van der Waals surface area contributed by atoms with Gasteiger partial charge in [-0.05, 0) is 29.3 Å². The molecule has 4 aromatic carbocycles. The van der Waals surface area contributed by atoms with Crippen molar-refractivity contribution in [3.8, 4) is 11.5 Å². The van der Waals surface area contributed by atoms with E-state index in [-0.39, 0.29) is 11.5 Å². The van der Waals surface area contributed by atoms with Crippen LogP contribution in [0.1, 0.15) is 27.0 Å². The number of Topliss-reactive ketones (excluding diaryl/α,β-unsaturated/α-hetero) is 1. The first-order valence-electron chi connectivity index (χ1n) is 10.9. The van der Waals surface area contributed by atoms with Crippen LogP contribution in [0.4, 0.5) is 0 Å². The van der Waals surface area contributed by atoms with Gasteiger partial charge >= 0.3 is 0 Å². The first-order chi connectivity index (χ1) is 16.7. The summed E-state index contributed by atoms with van der Waals surface area (Å²) in [6, 6.07) is 33.8. The molecule has 0 aliphatic rings. The summed E-state index contributed by atoms with van der Waals surface area (Å²) in [5.74, 6) is 1.04. The number of ketones is 1. The van der Waals surface area contributed by atoms with E-state index in [2.05, 4.69) is 10.2 Å². The minimum atomic E-state index is -0.189. The molecule has 0 spiro atoms. The molecule has 0 atom stereocenters. The average molecular weight is 449 g/mol. The zero-order valence-corrected chi connectivity index (χ0v) is 18.8. The predicted molar refractivity (Wildman–Crippen MR) is 135 cm³/mol. The number of methoxy groups -OCH3 is 1. The maximum atomic E-state index is 13.1. The van der Waals surface area contributed by atoms with Crippen LogP contribution < -0.4 is 9.47 Å². The minimum absolute atomic E-state index is 0.189. The highest BCUT2D eigenvalue weighted by atomic mass is 16.5. The predicted octanol–water partition coefficient (Wildman–Crippen LogP) is 5.98. The fourth-order valence-corrected chi connectivity index (χ4v) is 3.33. The molecule has 0 saturated heterocycles. The Balaban J connectivity index is 1.58. The van der Waals surface area contributed by atoms with Crippen LogP contribution in [0.15, 0.2) is 119 Å². The van der Waals surface area contributed by atoms with Gasteiger partial charge in [-0.15, -0.1) is 5.10 Å². The molecule has 5 heteroatoms. The minimum Gasteiger partial charge on any atom is -0.493 e. The molecular weight excluding hydrogens is 424 g/mol. The van der Waals surface area contributed by atoms with Gasteiger partial charge in [-0.25, -0.2) is 0 Å². The molecule has 4 rings (SSSR count). The van der Waals surface area contributed by atoms with Gasteiger partial charge in [-0.2, -0.15) is 5.10 Å². The van der Waals surface area contributed by atoms with Gasteiger partial charge < -0.3 is 9.47 Å². The van der Waals surface area contributed by atoms with Crippen LogP contribution in [0.3, 0.4) is 0 Å². The largest absolute Gasteiger partial charge is 0.493 e. The molecule has 0 saturated carbocycles. The lowest BCUT2D eigenvalue weighted by molar-refractivity contribution is 0.106. The van der Waals surface area contributed by atoms with Crippen molar-refractivity contribution in [1.29, 1.82) is 0 Å². The summed E-state index contributed by atoms with van der Waals surface area (Å²) in [5, 5.41) is 8.52. The SMILES string of the molecule is COc1ccc(C=NN=C(C(=O)c2ccccc2)c2ccccc2)cc1OCc1ccccc1. The van der Waals surface area contributed by atoms with Crippen LogP contribution in [0, 0.1) is 0 Å². The summed E-state index contributed by atoms with van der Waals surface area (Å²) in [5.41, 5.74) is 3.36. The number of nitrogens with zero attached hydrogens (tertiary/aromatic N) is 2. The molecule has 0 amide bonds. The highest BCUT2D eigenvalue weighted by molar-refractivity contribution is 6.51. The van der Waals surface area contributed by atoms with Crippen molar-refractivity contribution < 1.29 is 14.3 Å². The monoisotopic (exact) mass is 448 g/mol. The van der Waals surface area contributed by atoms with Crippen molar-refractivity contribution in [2.45, 2.75) is 6.61 Å². The van der Waals surface area contributed by atoms with Crippen LogP contribution in [0.5, 0.6) is 11.5 Å². The number of carbonyl (C=O) groups excluding carboxylic acids is 1. The zero-order valence-electron chi connectivity index (χ0n) is 18.8. The summed E-state index contributed by atoms with van der Waals surface area (Å²) < 4.78 is 11.4. The summed E-state index contributed by atoms with van der Waals surface area (Å²) in [7, 11) is 1.60. The Hall–Kier alpha value is -4.51. The van der Waals surface area contributed by atoms with Crippen molar-refractivity contribution in [3.05, 3.63) is 131 Å². The van der Waals surface area contributed by atoms with E-state index in [1.165, 1.54) is 0 Å². The number of carbonyl (C=O) groups is 1. The van der Waals surface area contributed by atoms with Gasteiger partial charge in [0.15, 0.2) is 11.5 Å². The summed E-state index contributed by atoms with van der Waals surface area (Å²) >= 11 is 0. The number of hydrogen-bond acceptors (Lipinski definition) is 5. The van der Waals surface area contributed by atoms with E-state index >= 15 is 0 Å². The van der Waals surface area contributed by atoms with E-state index in [4.69, 9.17) is 9.47 Å². The van der Waals surface area contributed by atoms with Crippen molar-refractivity contribution in [2.24, 2.45) is 10.2 Å². The number of rotatable bonds is 9. The number of ether oxygens (including phenoxy) is 2. The third kappa shape index (κ3) is 5.84. The maximum absolute atomic E-state index is 13.1. The van der Waals surface area contributed by atoms with Gasteiger partial charge in [0.1, 0.15) is 12.3 Å². The molecule has 34 heavy (non-hydrogen) atoms. The Labute approximate surface area is 199 Å². The maximum Gasteiger partial charge on any atom is 0.213 e. The quantitative estimate of drug-likeness (QED) is 0.180. The highest BCUT2D eigenvalue weighted by Crippen LogP contribution is 2.28. The molecule has 5 nitrogen and oxygen atoms in total. The summed E-state index contributed by atoms with van der Waals surface area (Å²) in [4.78, 5) is 13.1. The molecule has 0 fully saturated rings. The highest BCUT2D eigenvalue weighted by Gasteiger charge is 2.16. The Morgan fingerprint density at radius 1 is 0.765 bits per heavy atom. The van der Waals surface area contributed by atoms with Gasteiger partial charge in [0.2, 0.25) is 5.78 Å². The van der Waals surface area contributed by atoms with E-state index in [1.54, 1.807) is 25.5 Å². The molecule has 4 aromatic rings. The van der Waals surface area contributed by atoms with Crippen molar-refractivity contribution in [2.75, 3.05) is 7.11 Å². The molecule has 0 aliphatic heterocycles. The lowest BCUT2D eigenvalue weighted by Crippen LogP contribution is -2.15. The topological polar surface area (TPSA) is 60.2 Å². The second kappa shape index (κ2) is 11.4. The standard InChI is InChI=1S/C29H24N2O3/c1-33-26-18-17-23(19-27(26)34-21-22-11-5-2-6-12-22)20-30-31-28(24-13-7-3-8-14-24)29(32)25-15-9-4-10-16-25/h2-20H,21H2,1H3. The van der Waals surface area contributed by atoms with Gasteiger partial charge in [-0.3, -0.25) is 4.79 Å². The van der Waals surface area contributed by atoms with E-state index in [9.17, 15) is 4.79 Å². The van der Waals surface area contributed by atoms with E-state index < -0.39 is 0 Å². The molecule has 0 aliphatic carbocycles. The smallest absolute Gasteiger partial charge is 0.213 e. The molecule has 0 radical (unpaired) electrons. The Morgan fingerprint density at radius 3 is 2.03 bits per heavy atom. The van der Waals surface area contributed by atoms with Gasteiger partial charge in [0, 0.05) is 11.1 Å². The molecule has 0 unspecified atom stereocenters. The molecule has 0 bridgehead atoms. The van der Waals surface area contributed by atoms with E-state index in [1.807, 2.05) is 97.1 Å². The van der Waals surface area contributed by atoms with Crippen LogP contribution >= 0.6 is 0 Å². The van der Waals surface area contributed by atoms with Crippen LogP contribution in [-0.2, 0) is 6.61 Å². The molecule has 0 heterocycles. The Bertz CT molecular complexity index is 1290. The van der Waals surface area contributed by atoms with Crippen molar-refractivity contribution in [3.63, 3.8) is 0 Å². The third-order valence-corrected chi connectivity index (χ3v) is 5.09. The summed E-state index contributed by atoms with van der Waals surface area (Å²) in [6.07, 6.45) is 1.59. The molecular formula is C29H24N2O3. The fraction of sp³-hybridized carbons (Fsp3) is 0.0690. The van der Waals surface area contributed by atoms with Crippen LogP contribution in [0.2, 0.25) is 0 Å². The van der Waals surface area contributed by atoms with Gasteiger partial charge in [-0.1, -0.05) is 91.0 Å². The lowest BCUT2D eigenvalue weighted by atomic mass is 10.0. The van der Waals surface area contributed by atoms with Crippen LogP contribution in [0.25, 0.3) is 0 Å². The van der Waals surface area contributed by atoms with Crippen molar-refractivity contribution >= 4 is 17.7 Å². The van der Waals surface area contributed by atoms with Gasteiger partial charge in [0.25, 0.3) is 0 Å². The summed E-state index contributed by atoms with van der Waals surface area (Å²) in [6.45, 7) is 0.416. The Morgan fingerprint density at radius 2 is 1.38 bits per heavy atom. The zero-order chi connectivity index (χ0) is 23.6. The normalized spacial score (nSPS) is 11.4. The van der Waals surface area contributed by atoms with E-state index in [0.717, 1.165) is 11.1 Å². The Kier molecular flexibility index (Phi) is 7.59.